The van der Waals surface area contributed by atoms with E-state index in [1.807, 2.05) is 34.4 Å². The molecule has 3 aromatic carbocycles. The van der Waals surface area contributed by atoms with Crippen molar-refractivity contribution in [1.82, 2.24) is 0 Å². The summed E-state index contributed by atoms with van der Waals surface area (Å²) in [5.41, 5.74) is 6.57. The smallest absolute Gasteiger partial charge is 0.0548 e. The first kappa shape index (κ1) is 43.4. The molecule has 0 radical (unpaired) electrons. The normalized spacial score (nSPS) is 19.7. The number of rotatable bonds is 18. The van der Waals surface area contributed by atoms with Crippen LogP contribution in [0.1, 0.15) is 149 Å². The summed E-state index contributed by atoms with van der Waals surface area (Å²) in [6.45, 7) is 16.8. The van der Waals surface area contributed by atoms with Crippen LogP contribution in [0.4, 0.5) is 0 Å². The van der Waals surface area contributed by atoms with E-state index in [-0.39, 0.29) is 0 Å². The zero-order valence-electron chi connectivity index (χ0n) is 37.3. The fourth-order valence-electron chi connectivity index (χ4n) is 10.0. The fraction of sp³-hybridized carbons (Fsp3) is 0.527. The second-order valence-corrected chi connectivity index (χ2v) is 24.4. The van der Waals surface area contributed by atoms with Crippen LogP contribution in [0.15, 0.2) is 92.6 Å². The molecule has 0 aliphatic heterocycles. The van der Waals surface area contributed by atoms with Gasteiger partial charge in [0.1, 0.15) is 0 Å². The van der Waals surface area contributed by atoms with Gasteiger partial charge < -0.3 is 0 Å². The predicted octanol–water partition coefficient (Wildman–Crippen LogP) is 19.0. The third-order valence-corrected chi connectivity index (χ3v) is 18.8. The molecule has 0 fully saturated rings. The highest BCUT2D eigenvalue weighted by molar-refractivity contribution is 8.03. The molecule has 3 aliphatic rings. The zero-order chi connectivity index (χ0) is 41.0. The Labute approximate surface area is 373 Å². The Hall–Kier alpha value is -2.24. The summed E-state index contributed by atoms with van der Waals surface area (Å²) < 4.78 is 5.96. The van der Waals surface area contributed by atoms with Gasteiger partial charge in [0.05, 0.1) is 9.40 Å². The summed E-state index contributed by atoms with van der Waals surface area (Å²) in [5.74, 6) is 4.01. The van der Waals surface area contributed by atoms with Crippen LogP contribution in [0.3, 0.4) is 0 Å². The molecule has 2 aromatic heterocycles. The lowest BCUT2D eigenvalue weighted by atomic mass is 9.88. The summed E-state index contributed by atoms with van der Waals surface area (Å²) in [4.78, 5) is 4.50. The van der Waals surface area contributed by atoms with Crippen molar-refractivity contribution < 1.29 is 0 Å². The lowest BCUT2D eigenvalue weighted by molar-refractivity contribution is 0.433. The molecule has 0 N–H and O–H groups in total. The first-order valence-electron chi connectivity index (χ1n) is 23.5. The molecule has 3 aliphatic carbocycles. The molecule has 314 valence electrons. The first-order valence-corrected chi connectivity index (χ1v) is 26.9. The van der Waals surface area contributed by atoms with Crippen molar-refractivity contribution in [1.29, 1.82) is 0 Å². The van der Waals surface area contributed by atoms with Gasteiger partial charge >= 0.3 is 0 Å². The third-order valence-electron chi connectivity index (χ3n) is 13.7. The minimum atomic E-state index is 0.655. The maximum atomic E-state index is 2.50. The summed E-state index contributed by atoms with van der Waals surface area (Å²) in [6, 6.07) is 17.0. The van der Waals surface area contributed by atoms with Crippen LogP contribution in [-0.2, 0) is 12.8 Å². The van der Waals surface area contributed by atoms with E-state index in [1.165, 1.54) is 147 Å². The molecule has 4 heteroatoms. The number of hydrogen-bond acceptors (Lipinski definition) is 4. The topological polar surface area (TPSA) is 0 Å². The molecule has 0 amide bonds. The Bertz CT molecular complexity index is 2370. The molecule has 4 atom stereocenters. The van der Waals surface area contributed by atoms with Gasteiger partial charge in [-0.3, -0.25) is 0 Å². The van der Waals surface area contributed by atoms with Crippen LogP contribution in [0.5, 0.6) is 0 Å². The van der Waals surface area contributed by atoms with Crippen molar-refractivity contribution in [2.75, 3.05) is 0 Å². The minimum absolute atomic E-state index is 0.655. The SMILES string of the molecule is CC(C)CCCC(C)CCC1=CC=C(Sc2ccc3c(ccc4sc5c(sc6ccc7c(c65)CCC(SC5=CC=C(CCC(C)CCCC(C)C)CC5C)C7)c43)c2)CC1. The summed E-state index contributed by atoms with van der Waals surface area (Å²) in [5, 5.41) is 6.52. The van der Waals surface area contributed by atoms with E-state index < -0.39 is 0 Å². The van der Waals surface area contributed by atoms with Gasteiger partial charge in [0, 0.05) is 30.3 Å². The molecular formula is C55H70S4. The monoisotopic (exact) mass is 858 g/mol. The molecule has 8 rings (SSSR count). The van der Waals surface area contributed by atoms with E-state index in [9.17, 15) is 0 Å². The maximum Gasteiger partial charge on any atom is 0.0548 e. The van der Waals surface area contributed by atoms with Crippen LogP contribution in [0.25, 0.3) is 40.3 Å². The van der Waals surface area contributed by atoms with Crippen LogP contribution >= 0.6 is 46.2 Å². The number of hydrogen-bond donors (Lipinski definition) is 0. The Morgan fingerprint density at radius 1 is 0.644 bits per heavy atom. The fourth-order valence-corrected chi connectivity index (χ4v) is 15.1. The molecule has 5 aromatic rings. The highest BCUT2D eigenvalue weighted by Gasteiger charge is 2.27. The van der Waals surface area contributed by atoms with Crippen molar-refractivity contribution in [3.63, 3.8) is 0 Å². The summed E-state index contributed by atoms with van der Waals surface area (Å²) in [6.07, 6.45) is 30.7. The molecule has 0 saturated heterocycles. The number of benzene rings is 3. The van der Waals surface area contributed by atoms with E-state index in [2.05, 4.69) is 127 Å². The van der Waals surface area contributed by atoms with Crippen molar-refractivity contribution in [2.24, 2.45) is 29.6 Å². The molecule has 0 saturated carbocycles. The highest BCUT2D eigenvalue weighted by Crippen LogP contribution is 2.50. The zero-order valence-corrected chi connectivity index (χ0v) is 40.5. The van der Waals surface area contributed by atoms with Gasteiger partial charge in [-0.25, -0.2) is 0 Å². The largest absolute Gasteiger partial charge is 0.134 e. The molecule has 4 unspecified atom stereocenters. The molecule has 0 nitrogen and oxygen atoms in total. The Morgan fingerprint density at radius 3 is 2.02 bits per heavy atom. The number of aryl methyl sites for hydroxylation is 1. The second kappa shape index (κ2) is 19.9. The van der Waals surface area contributed by atoms with E-state index in [0.29, 0.717) is 11.2 Å². The summed E-state index contributed by atoms with van der Waals surface area (Å²) in [7, 11) is 0. The van der Waals surface area contributed by atoms with Crippen LogP contribution < -0.4 is 0 Å². The quantitative estimate of drug-likeness (QED) is 0.0861. The number of allylic oxidation sites excluding steroid dienone is 8. The average Bonchev–Trinajstić information content (AvgIpc) is 3.76. The standard InChI is InChI=1S/C55H70S4/c1-35(2)10-8-12-37(5)14-16-40-18-23-44(24-19-40)56-45-25-27-47-42(33-45)21-30-50-52(47)54-55(58-50)53-48-28-26-46(34-43(48)22-31-51(53)59-54)57-49-29-20-41(32-39(49)7)17-15-38(6)13-9-11-36(3)4/h18,20-23,25,27,29-31,33,35-39,46H,8-17,19,24,26,28,32,34H2,1-7H3. The lowest BCUT2D eigenvalue weighted by Crippen LogP contribution is -2.18. The van der Waals surface area contributed by atoms with Crippen molar-refractivity contribution in [3.05, 3.63) is 98.9 Å². The maximum absolute atomic E-state index is 2.50. The van der Waals surface area contributed by atoms with Crippen molar-refractivity contribution >= 4 is 86.5 Å². The molecule has 2 heterocycles. The van der Waals surface area contributed by atoms with E-state index in [1.54, 1.807) is 32.6 Å². The number of thiophene rings is 2. The first-order chi connectivity index (χ1) is 28.6. The molecule has 0 bridgehead atoms. The lowest BCUT2D eigenvalue weighted by Gasteiger charge is -2.29. The van der Waals surface area contributed by atoms with Gasteiger partial charge in [-0.2, -0.15) is 0 Å². The molecule has 0 spiro atoms. The van der Waals surface area contributed by atoms with E-state index in [4.69, 9.17) is 0 Å². The number of thioether (sulfide) groups is 2. The van der Waals surface area contributed by atoms with Gasteiger partial charge in [-0.05, 0) is 150 Å². The van der Waals surface area contributed by atoms with Gasteiger partial charge in [-0.15, -0.1) is 34.4 Å². The van der Waals surface area contributed by atoms with Gasteiger partial charge in [0.15, 0.2) is 0 Å². The molecular weight excluding hydrogens is 789 g/mol. The van der Waals surface area contributed by atoms with Crippen LogP contribution in [0, 0.1) is 29.6 Å². The van der Waals surface area contributed by atoms with Crippen molar-refractivity contribution in [2.45, 2.75) is 161 Å². The highest BCUT2D eigenvalue weighted by atomic mass is 32.2. The Morgan fingerprint density at radius 2 is 1.32 bits per heavy atom. The Kier molecular flexibility index (Phi) is 14.6. The van der Waals surface area contributed by atoms with E-state index in [0.717, 1.165) is 23.7 Å². The number of fused-ring (bicyclic) bond motifs is 9. The molecule has 59 heavy (non-hydrogen) atoms. The second-order valence-electron chi connectivity index (χ2n) is 19.7. The Balaban J connectivity index is 0.922. The minimum Gasteiger partial charge on any atom is -0.134 e. The van der Waals surface area contributed by atoms with Crippen LogP contribution in [0.2, 0.25) is 0 Å². The van der Waals surface area contributed by atoms with Gasteiger partial charge in [0.2, 0.25) is 0 Å². The van der Waals surface area contributed by atoms with Gasteiger partial charge in [0.25, 0.3) is 0 Å². The van der Waals surface area contributed by atoms with Crippen molar-refractivity contribution in [3.8, 4) is 0 Å². The average molecular weight is 859 g/mol. The van der Waals surface area contributed by atoms with Crippen LogP contribution in [-0.4, -0.2) is 5.25 Å². The van der Waals surface area contributed by atoms with Gasteiger partial charge in [-0.1, -0.05) is 152 Å². The van der Waals surface area contributed by atoms with E-state index >= 15 is 0 Å². The predicted molar refractivity (Wildman–Crippen MR) is 271 cm³/mol. The third kappa shape index (κ3) is 10.7. The summed E-state index contributed by atoms with van der Waals surface area (Å²) >= 11 is 8.26.